The number of nitrogens with two attached hydrogens (primary N) is 1. The standard InChI is InChI=1S/C21H38N2O3Si/c1-20(2,3)26-19(24)23-13-9-10-16-11-12-18(22)14-17(16)15-25-27(7,8)21(4,5)6/h11-12,14H,9-10,13,15,22H2,1-8H3,(H,23,24). The van der Waals surface area contributed by atoms with Gasteiger partial charge in [-0.3, -0.25) is 0 Å². The second-order valence-electron chi connectivity index (χ2n) is 9.61. The number of anilines is 1. The van der Waals surface area contributed by atoms with Crippen molar-refractivity contribution in [2.75, 3.05) is 12.3 Å². The minimum atomic E-state index is -1.82. The first-order valence-corrected chi connectivity index (χ1v) is 12.6. The third kappa shape index (κ3) is 8.35. The Hall–Kier alpha value is -1.53. The predicted molar refractivity (Wildman–Crippen MR) is 115 cm³/mol. The summed E-state index contributed by atoms with van der Waals surface area (Å²) < 4.78 is 11.6. The summed E-state index contributed by atoms with van der Waals surface area (Å²) in [7, 11) is -1.82. The van der Waals surface area contributed by atoms with Crippen LogP contribution in [0, 0.1) is 0 Å². The molecule has 1 rings (SSSR count). The molecule has 1 aromatic carbocycles. The molecule has 0 fully saturated rings. The number of nitrogen functional groups attached to an aromatic ring is 1. The average Bonchev–Trinajstić information content (AvgIpc) is 2.48. The van der Waals surface area contributed by atoms with E-state index in [-0.39, 0.29) is 11.1 Å². The summed E-state index contributed by atoms with van der Waals surface area (Å²) in [6.45, 7) is 17.9. The van der Waals surface area contributed by atoms with Crippen LogP contribution < -0.4 is 11.1 Å². The van der Waals surface area contributed by atoms with Crippen molar-refractivity contribution in [1.29, 1.82) is 0 Å². The number of carbonyl (C=O) groups excluding carboxylic acids is 1. The molecule has 0 aromatic heterocycles. The van der Waals surface area contributed by atoms with Crippen molar-refractivity contribution in [1.82, 2.24) is 5.32 Å². The molecular formula is C21H38N2O3Si. The Morgan fingerprint density at radius 1 is 1.11 bits per heavy atom. The molecule has 0 saturated heterocycles. The molecular weight excluding hydrogens is 356 g/mol. The Morgan fingerprint density at radius 3 is 2.30 bits per heavy atom. The molecule has 0 atom stereocenters. The van der Waals surface area contributed by atoms with Gasteiger partial charge in [-0.25, -0.2) is 4.79 Å². The molecule has 27 heavy (non-hydrogen) atoms. The van der Waals surface area contributed by atoms with Gasteiger partial charge in [0.1, 0.15) is 5.60 Å². The molecule has 1 aromatic rings. The van der Waals surface area contributed by atoms with Crippen molar-refractivity contribution in [2.45, 2.75) is 84.7 Å². The highest BCUT2D eigenvalue weighted by Crippen LogP contribution is 2.37. The third-order valence-electron chi connectivity index (χ3n) is 4.92. The molecule has 0 aliphatic rings. The minimum absolute atomic E-state index is 0.171. The summed E-state index contributed by atoms with van der Waals surface area (Å²) in [5.41, 5.74) is 8.61. The fourth-order valence-electron chi connectivity index (χ4n) is 2.28. The maximum atomic E-state index is 11.7. The van der Waals surface area contributed by atoms with E-state index in [4.69, 9.17) is 14.9 Å². The largest absolute Gasteiger partial charge is 0.444 e. The van der Waals surface area contributed by atoms with Crippen molar-refractivity contribution in [3.63, 3.8) is 0 Å². The smallest absolute Gasteiger partial charge is 0.407 e. The van der Waals surface area contributed by atoms with Crippen molar-refractivity contribution >= 4 is 20.1 Å². The van der Waals surface area contributed by atoms with Crippen LogP contribution in [0.4, 0.5) is 10.5 Å². The van der Waals surface area contributed by atoms with Crippen molar-refractivity contribution in [2.24, 2.45) is 0 Å². The van der Waals surface area contributed by atoms with Gasteiger partial charge in [0.2, 0.25) is 0 Å². The highest BCUT2D eigenvalue weighted by molar-refractivity contribution is 6.74. The van der Waals surface area contributed by atoms with Gasteiger partial charge >= 0.3 is 6.09 Å². The van der Waals surface area contributed by atoms with E-state index in [1.54, 1.807) is 0 Å². The quantitative estimate of drug-likeness (QED) is 0.376. The number of hydrogen-bond donors (Lipinski definition) is 2. The van der Waals surface area contributed by atoms with Crippen LogP contribution in [0.2, 0.25) is 18.1 Å². The van der Waals surface area contributed by atoms with Gasteiger partial charge in [0.15, 0.2) is 8.32 Å². The highest BCUT2D eigenvalue weighted by atomic mass is 28.4. The van der Waals surface area contributed by atoms with Gasteiger partial charge in [0.05, 0.1) is 6.61 Å². The van der Waals surface area contributed by atoms with E-state index in [0.29, 0.717) is 13.2 Å². The normalized spacial score (nSPS) is 12.7. The number of benzene rings is 1. The van der Waals surface area contributed by atoms with Gasteiger partial charge in [0, 0.05) is 12.2 Å². The molecule has 0 spiro atoms. The highest BCUT2D eigenvalue weighted by Gasteiger charge is 2.37. The molecule has 3 N–H and O–H groups in total. The van der Waals surface area contributed by atoms with E-state index in [9.17, 15) is 4.79 Å². The molecule has 154 valence electrons. The number of rotatable bonds is 7. The van der Waals surface area contributed by atoms with Crippen LogP contribution in [0.5, 0.6) is 0 Å². The monoisotopic (exact) mass is 394 g/mol. The molecule has 0 aliphatic carbocycles. The second-order valence-corrected chi connectivity index (χ2v) is 14.4. The van der Waals surface area contributed by atoms with Crippen LogP contribution in [0.1, 0.15) is 59.1 Å². The third-order valence-corrected chi connectivity index (χ3v) is 9.39. The van der Waals surface area contributed by atoms with Crippen LogP contribution in [0.25, 0.3) is 0 Å². The number of hydrogen-bond acceptors (Lipinski definition) is 4. The number of aryl methyl sites for hydroxylation is 1. The van der Waals surface area contributed by atoms with Gasteiger partial charge < -0.3 is 20.2 Å². The molecule has 0 radical (unpaired) electrons. The second kappa shape index (κ2) is 9.11. The molecule has 1 amide bonds. The number of carbonyl (C=O) groups is 1. The molecule has 0 aliphatic heterocycles. The lowest BCUT2D eigenvalue weighted by Gasteiger charge is -2.36. The summed E-state index contributed by atoms with van der Waals surface area (Å²) in [4.78, 5) is 11.7. The Morgan fingerprint density at radius 2 is 1.74 bits per heavy atom. The first kappa shape index (κ1) is 23.5. The summed E-state index contributed by atoms with van der Waals surface area (Å²) in [5.74, 6) is 0. The van der Waals surface area contributed by atoms with Crippen LogP contribution in [-0.4, -0.2) is 26.6 Å². The number of alkyl carbamates (subject to hydrolysis) is 1. The average molecular weight is 395 g/mol. The fraction of sp³-hybridized carbons (Fsp3) is 0.667. The van der Waals surface area contributed by atoms with Crippen LogP contribution >= 0.6 is 0 Å². The van der Waals surface area contributed by atoms with E-state index in [1.807, 2.05) is 32.9 Å². The van der Waals surface area contributed by atoms with E-state index in [0.717, 1.165) is 24.1 Å². The van der Waals surface area contributed by atoms with Crippen LogP contribution in [-0.2, 0) is 22.2 Å². The topological polar surface area (TPSA) is 73.6 Å². The van der Waals surface area contributed by atoms with Crippen LogP contribution in [0.3, 0.4) is 0 Å². The summed E-state index contributed by atoms with van der Waals surface area (Å²) in [6, 6.07) is 5.99. The minimum Gasteiger partial charge on any atom is -0.444 e. The lowest BCUT2D eigenvalue weighted by molar-refractivity contribution is 0.0527. The predicted octanol–water partition coefficient (Wildman–Crippen LogP) is 5.25. The van der Waals surface area contributed by atoms with E-state index < -0.39 is 13.9 Å². The van der Waals surface area contributed by atoms with Crippen molar-refractivity contribution < 1.29 is 14.0 Å². The van der Waals surface area contributed by atoms with Crippen molar-refractivity contribution in [3.05, 3.63) is 29.3 Å². The Kier molecular flexibility index (Phi) is 7.93. The zero-order valence-electron chi connectivity index (χ0n) is 18.4. The molecule has 0 saturated carbocycles. The molecule has 6 heteroatoms. The molecule has 0 unspecified atom stereocenters. The lowest BCUT2D eigenvalue weighted by atomic mass is 10.0. The Bertz CT molecular complexity index is 631. The summed E-state index contributed by atoms with van der Waals surface area (Å²) in [6.07, 6.45) is 1.31. The zero-order valence-corrected chi connectivity index (χ0v) is 19.4. The van der Waals surface area contributed by atoms with Gasteiger partial charge in [-0.05, 0) is 75.0 Å². The number of amides is 1. The van der Waals surface area contributed by atoms with E-state index >= 15 is 0 Å². The SMILES string of the molecule is CC(C)(C)OC(=O)NCCCc1ccc(N)cc1CO[Si](C)(C)C(C)(C)C. The lowest BCUT2D eigenvalue weighted by Crippen LogP contribution is -2.40. The fourth-order valence-corrected chi connectivity index (χ4v) is 3.23. The Balaban J connectivity index is 2.63. The van der Waals surface area contributed by atoms with Gasteiger partial charge in [-0.2, -0.15) is 0 Å². The van der Waals surface area contributed by atoms with Gasteiger partial charge in [-0.1, -0.05) is 26.8 Å². The molecule has 5 nitrogen and oxygen atoms in total. The number of ether oxygens (including phenoxy) is 1. The zero-order chi connectivity index (χ0) is 20.9. The van der Waals surface area contributed by atoms with Gasteiger partial charge in [-0.15, -0.1) is 0 Å². The van der Waals surface area contributed by atoms with Crippen LogP contribution in [0.15, 0.2) is 18.2 Å². The molecule has 0 heterocycles. The summed E-state index contributed by atoms with van der Waals surface area (Å²) in [5, 5.41) is 2.98. The van der Waals surface area contributed by atoms with E-state index in [2.05, 4.69) is 45.2 Å². The maximum Gasteiger partial charge on any atom is 0.407 e. The maximum absolute atomic E-state index is 11.7. The summed E-state index contributed by atoms with van der Waals surface area (Å²) >= 11 is 0. The number of nitrogens with one attached hydrogen (secondary N) is 1. The molecule has 0 bridgehead atoms. The Labute approximate surface area is 166 Å². The van der Waals surface area contributed by atoms with Gasteiger partial charge in [0.25, 0.3) is 0 Å². The first-order valence-electron chi connectivity index (χ1n) is 9.69. The van der Waals surface area contributed by atoms with Crippen molar-refractivity contribution in [3.8, 4) is 0 Å². The first-order chi connectivity index (χ1) is 12.2. The van der Waals surface area contributed by atoms with E-state index in [1.165, 1.54) is 5.56 Å².